The van der Waals surface area contributed by atoms with Gasteiger partial charge in [0.1, 0.15) is 5.75 Å². The minimum atomic E-state index is 0.106. The lowest BCUT2D eigenvalue weighted by Gasteiger charge is -2.18. The summed E-state index contributed by atoms with van der Waals surface area (Å²) in [6.07, 6.45) is 2.84. The van der Waals surface area contributed by atoms with Crippen molar-refractivity contribution < 1.29 is 5.11 Å². The highest BCUT2D eigenvalue weighted by Gasteiger charge is 2.14. The molecule has 2 N–H and O–H groups in total. The number of aromatic nitrogens is 3. The Hall–Kier alpha value is -2.66. The summed E-state index contributed by atoms with van der Waals surface area (Å²) < 4.78 is 1.79. The van der Waals surface area contributed by atoms with Crippen LogP contribution in [0.5, 0.6) is 5.75 Å². The van der Waals surface area contributed by atoms with Gasteiger partial charge in [0.2, 0.25) is 0 Å². The van der Waals surface area contributed by atoms with Crippen LogP contribution >= 0.6 is 0 Å². The van der Waals surface area contributed by atoms with Crippen molar-refractivity contribution in [3.63, 3.8) is 0 Å². The van der Waals surface area contributed by atoms with E-state index in [-0.39, 0.29) is 12.1 Å². The van der Waals surface area contributed by atoms with Gasteiger partial charge in [0.05, 0.1) is 23.6 Å². The lowest BCUT2D eigenvalue weighted by Crippen LogP contribution is -2.30. The van der Waals surface area contributed by atoms with Gasteiger partial charge in [-0.2, -0.15) is 0 Å². The molecule has 3 rings (SSSR count). The average Bonchev–Trinajstić information content (AvgIpc) is 3.08. The number of phenolic OH excluding ortho intramolecular Hbond substituents is 1. The van der Waals surface area contributed by atoms with Crippen molar-refractivity contribution in [2.45, 2.75) is 32.4 Å². The maximum Gasteiger partial charge on any atom is 0.115 e. The van der Waals surface area contributed by atoms with E-state index in [2.05, 4.69) is 29.5 Å². The number of rotatable bonds is 6. The van der Waals surface area contributed by atoms with E-state index in [1.807, 2.05) is 48.7 Å². The number of benzene rings is 2. The molecular formula is C19H22N4O. The van der Waals surface area contributed by atoms with Gasteiger partial charge in [0, 0.05) is 6.04 Å². The molecule has 0 aliphatic heterocycles. The molecule has 0 aliphatic rings. The van der Waals surface area contributed by atoms with E-state index < -0.39 is 0 Å². The fourth-order valence-electron chi connectivity index (χ4n) is 2.74. The number of aromatic hydroxyl groups is 1. The molecule has 124 valence electrons. The fourth-order valence-corrected chi connectivity index (χ4v) is 2.74. The monoisotopic (exact) mass is 322 g/mol. The second kappa shape index (κ2) is 7.27. The third kappa shape index (κ3) is 4.00. The Balaban J connectivity index is 1.61. The molecule has 0 bridgehead atoms. The Bertz CT molecular complexity index is 768. The van der Waals surface area contributed by atoms with Crippen LogP contribution in [-0.2, 0) is 6.42 Å². The second-order valence-electron chi connectivity index (χ2n) is 6.08. The summed E-state index contributed by atoms with van der Waals surface area (Å²) in [5.74, 6) is 0.297. The smallest absolute Gasteiger partial charge is 0.115 e. The number of hydrogen-bond donors (Lipinski definition) is 2. The molecule has 3 aromatic rings. The third-order valence-electron chi connectivity index (χ3n) is 3.99. The number of phenols is 1. The molecule has 0 amide bonds. The van der Waals surface area contributed by atoms with Crippen LogP contribution in [0.3, 0.4) is 0 Å². The van der Waals surface area contributed by atoms with Gasteiger partial charge in [0.15, 0.2) is 0 Å². The largest absolute Gasteiger partial charge is 0.508 e. The van der Waals surface area contributed by atoms with Crippen LogP contribution < -0.4 is 5.32 Å². The van der Waals surface area contributed by atoms with Gasteiger partial charge in [-0.25, -0.2) is 4.68 Å². The molecule has 2 atom stereocenters. The highest BCUT2D eigenvalue weighted by Crippen LogP contribution is 2.15. The zero-order chi connectivity index (χ0) is 16.9. The molecule has 0 saturated heterocycles. The van der Waals surface area contributed by atoms with Gasteiger partial charge in [0.25, 0.3) is 0 Å². The van der Waals surface area contributed by atoms with Crippen molar-refractivity contribution in [1.82, 2.24) is 20.3 Å². The minimum absolute atomic E-state index is 0.106. The summed E-state index contributed by atoms with van der Waals surface area (Å²) in [7, 11) is 0. The minimum Gasteiger partial charge on any atom is -0.508 e. The Kier molecular flexibility index (Phi) is 4.91. The fraction of sp³-hybridized carbons (Fsp3) is 0.263. The van der Waals surface area contributed by atoms with Gasteiger partial charge < -0.3 is 10.4 Å². The van der Waals surface area contributed by atoms with Crippen molar-refractivity contribution >= 4 is 0 Å². The summed E-state index contributed by atoms with van der Waals surface area (Å²) in [5, 5.41) is 21.4. The summed E-state index contributed by atoms with van der Waals surface area (Å²) in [4.78, 5) is 0. The topological polar surface area (TPSA) is 63.0 Å². The molecular weight excluding hydrogens is 300 g/mol. The van der Waals surface area contributed by atoms with Crippen LogP contribution in [0.4, 0.5) is 0 Å². The van der Waals surface area contributed by atoms with E-state index in [9.17, 15) is 5.11 Å². The molecule has 5 heteroatoms. The third-order valence-corrected chi connectivity index (χ3v) is 3.99. The Morgan fingerprint density at radius 3 is 2.46 bits per heavy atom. The number of hydrogen-bond acceptors (Lipinski definition) is 4. The molecule has 0 saturated carbocycles. The van der Waals surface area contributed by atoms with Crippen molar-refractivity contribution in [1.29, 1.82) is 0 Å². The molecule has 5 nitrogen and oxygen atoms in total. The first-order chi connectivity index (χ1) is 11.6. The van der Waals surface area contributed by atoms with E-state index in [1.54, 1.807) is 16.8 Å². The molecule has 2 aromatic carbocycles. The summed E-state index contributed by atoms with van der Waals surface area (Å²) in [6, 6.07) is 17.7. The number of nitrogens with zero attached hydrogens (tertiary/aromatic N) is 3. The highest BCUT2D eigenvalue weighted by molar-refractivity contribution is 5.30. The molecule has 24 heavy (non-hydrogen) atoms. The first-order valence-corrected chi connectivity index (χ1v) is 8.13. The van der Waals surface area contributed by atoms with Crippen molar-refractivity contribution in [2.75, 3.05) is 0 Å². The van der Waals surface area contributed by atoms with Crippen molar-refractivity contribution in [3.05, 3.63) is 72.1 Å². The molecule has 1 heterocycles. The Morgan fingerprint density at radius 2 is 1.75 bits per heavy atom. The zero-order valence-electron chi connectivity index (χ0n) is 13.9. The van der Waals surface area contributed by atoms with E-state index in [4.69, 9.17) is 0 Å². The van der Waals surface area contributed by atoms with Crippen LogP contribution in [0.2, 0.25) is 0 Å². The van der Waals surface area contributed by atoms with Crippen molar-refractivity contribution in [3.8, 4) is 11.4 Å². The molecule has 0 radical (unpaired) electrons. The van der Waals surface area contributed by atoms with E-state index >= 15 is 0 Å². The Labute approximate surface area is 142 Å². The standard InChI is InChI=1S/C19H22N4O/c1-14(12-16-8-10-18(24)11-9-16)20-15(2)19-13-23(22-21-19)17-6-4-3-5-7-17/h3-11,13-15,20,24H,12H2,1-2H3. The summed E-state index contributed by atoms with van der Waals surface area (Å²) in [6.45, 7) is 4.23. The second-order valence-corrected chi connectivity index (χ2v) is 6.08. The Morgan fingerprint density at radius 1 is 1.04 bits per heavy atom. The number of para-hydroxylation sites is 1. The summed E-state index contributed by atoms with van der Waals surface area (Å²) >= 11 is 0. The predicted octanol–water partition coefficient (Wildman–Crippen LogP) is 3.25. The van der Waals surface area contributed by atoms with Crippen LogP contribution in [0.15, 0.2) is 60.8 Å². The molecule has 0 aliphatic carbocycles. The lowest BCUT2D eigenvalue weighted by molar-refractivity contribution is 0.466. The van der Waals surface area contributed by atoms with Gasteiger partial charge in [-0.1, -0.05) is 35.5 Å². The highest BCUT2D eigenvalue weighted by atomic mass is 16.3. The summed E-state index contributed by atoms with van der Waals surface area (Å²) in [5.41, 5.74) is 3.10. The van der Waals surface area contributed by atoms with Crippen LogP contribution in [0.1, 0.15) is 31.1 Å². The maximum absolute atomic E-state index is 9.35. The van der Waals surface area contributed by atoms with Gasteiger partial charge in [-0.3, -0.25) is 0 Å². The average molecular weight is 322 g/mol. The normalized spacial score (nSPS) is 13.6. The van der Waals surface area contributed by atoms with Crippen LogP contribution in [0.25, 0.3) is 5.69 Å². The molecule has 1 aromatic heterocycles. The quantitative estimate of drug-likeness (QED) is 0.731. The predicted molar refractivity (Wildman–Crippen MR) is 94.2 cm³/mol. The van der Waals surface area contributed by atoms with E-state index in [1.165, 1.54) is 5.56 Å². The van der Waals surface area contributed by atoms with Crippen LogP contribution in [-0.4, -0.2) is 26.1 Å². The van der Waals surface area contributed by atoms with Gasteiger partial charge in [-0.15, -0.1) is 5.10 Å². The van der Waals surface area contributed by atoms with Gasteiger partial charge in [-0.05, 0) is 50.1 Å². The first kappa shape index (κ1) is 16.2. The van der Waals surface area contributed by atoms with Crippen LogP contribution in [0, 0.1) is 0 Å². The molecule has 0 fully saturated rings. The molecule has 2 unspecified atom stereocenters. The molecule has 0 spiro atoms. The maximum atomic E-state index is 9.35. The first-order valence-electron chi connectivity index (χ1n) is 8.13. The van der Waals surface area contributed by atoms with E-state index in [0.717, 1.165) is 17.8 Å². The number of nitrogens with one attached hydrogen (secondary N) is 1. The SMILES string of the molecule is CC(Cc1ccc(O)cc1)NC(C)c1cn(-c2ccccc2)nn1. The van der Waals surface area contributed by atoms with Gasteiger partial charge >= 0.3 is 0 Å². The zero-order valence-corrected chi connectivity index (χ0v) is 13.9. The van der Waals surface area contributed by atoms with Crippen molar-refractivity contribution in [2.24, 2.45) is 0 Å². The van der Waals surface area contributed by atoms with E-state index in [0.29, 0.717) is 5.75 Å². The lowest BCUT2D eigenvalue weighted by atomic mass is 10.1.